The monoisotopic (exact) mass is 499 g/mol. The van der Waals surface area contributed by atoms with Crippen molar-refractivity contribution in [2.45, 2.75) is 51.5 Å². The Morgan fingerprint density at radius 3 is 2.55 bits per heavy atom. The van der Waals surface area contributed by atoms with Gasteiger partial charge in [-0.15, -0.1) is 33.3 Å². The largest absolute Gasteiger partial charge is 0.309 e. The number of nitrogens with zero attached hydrogens (tertiary/aromatic N) is 3. The third kappa shape index (κ3) is 5.18. The molecule has 33 heavy (non-hydrogen) atoms. The maximum Gasteiger partial charge on any atom is 0.259 e. The van der Waals surface area contributed by atoms with Gasteiger partial charge in [0.25, 0.3) is 5.56 Å². The van der Waals surface area contributed by atoms with Crippen molar-refractivity contribution in [3.05, 3.63) is 56.4 Å². The quantitative estimate of drug-likeness (QED) is 0.348. The fourth-order valence-corrected chi connectivity index (χ4v) is 5.81. The van der Waals surface area contributed by atoms with E-state index in [-0.39, 0.29) is 16.7 Å². The third-order valence-corrected chi connectivity index (χ3v) is 8.55. The Kier molecular flexibility index (Phi) is 6.96. The number of rotatable bonds is 7. The molecule has 0 aliphatic rings. The zero-order valence-electron chi connectivity index (χ0n) is 19.1. The molecule has 1 atom stereocenters. The summed E-state index contributed by atoms with van der Waals surface area (Å²) in [5, 5.41) is 12.7. The van der Waals surface area contributed by atoms with Crippen molar-refractivity contribution in [3.8, 4) is 10.6 Å². The number of carbonyl (C=O) groups is 1. The van der Waals surface area contributed by atoms with Gasteiger partial charge in [-0.05, 0) is 37.8 Å². The lowest BCUT2D eigenvalue weighted by Crippen LogP contribution is -2.23. The summed E-state index contributed by atoms with van der Waals surface area (Å²) < 4.78 is 0. The van der Waals surface area contributed by atoms with Gasteiger partial charge in [0.1, 0.15) is 15.7 Å². The van der Waals surface area contributed by atoms with Crippen molar-refractivity contribution in [1.29, 1.82) is 0 Å². The van der Waals surface area contributed by atoms with E-state index >= 15 is 0 Å². The summed E-state index contributed by atoms with van der Waals surface area (Å²) in [5.41, 5.74) is 3.09. The molecule has 7 nitrogen and oxygen atoms in total. The molecular weight excluding hydrogens is 474 g/mol. The minimum Gasteiger partial charge on any atom is -0.309 e. The molecule has 0 saturated carbocycles. The van der Waals surface area contributed by atoms with Gasteiger partial charge in [0.05, 0.1) is 16.4 Å². The second-order valence-electron chi connectivity index (χ2n) is 8.11. The van der Waals surface area contributed by atoms with E-state index in [0.717, 1.165) is 25.8 Å². The fourth-order valence-electron chi connectivity index (χ4n) is 3.26. The zero-order chi connectivity index (χ0) is 23.7. The Morgan fingerprint density at radius 2 is 1.85 bits per heavy atom. The highest BCUT2D eigenvalue weighted by molar-refractivity contribution is 7.99. The van der Waals surface area contributed by atoms with Crippen molar-refractivity contribution < 1.29 is 4.79 Å². The Labute approximate surface area is 204 Å². The third-order valence-electron chi connectivity index (χ3n) is 5.41. The van der Waals surface area contributed by atoms with E-state index in [1.807, 2.05) is 32.9 Å². The number of thioether (sulfide) groups is 1. The topological polar surface area (TPSA) is 101 Å². The summed E-state index contributed by atoms with van der Waals surface area (Å²) in [6, 6.07) is 8.24. The van der Waals surface area contributed by atoms with Gasteiger partial charge >= 0.3 is 0 Å². The lowest BCUT2D eigenvalue weighted by Gasteiger charge is -2.09. The second kappa shape index (κ2) is 9.74. The summed E-state index contributed by atoms with van der Waals surface area (Å²) in [6.45, 7) is 10.1. The maximum atomic E-state index is 12.6. The van der Waals surface area contributed by atoms with Crippen LogP contribution in [0.15, 0.2) is 29.1 Å². The first-order valence-electron chi connectivity index (χ1n) is 10.6. The molecule has 0 aliphatic heterocycles. The van der Waals surface area contributed by atoms with Gasteiger partial charge in [-0.3, -0.25) is 14.9 Å². The molecule has 1 unspecified atom stereocenters. The van der Waals surface area contributed by atoms with Crippen LogP contribution in [0.3, 0.4) is 0 Å². The Hall–Kier alpha value is -2.56. The number of nitrogens with one attached hydrogen (secondary N) is 2. The van der Waals surface area contributed by atoms with Gasteiger partial charge in [0.2, 0.25) is 11.0 Å². The van der Waals surface area contributed by atoms with Crippen LogP contribution in [0.4, 0.5) is 5.13 Å². The smallest absolute Gasteiger partial charge is 0.259 e. The van der Waals surface area contributed by atoms with Gasteiger partial charge in [-0.2, -0.15) is 0 Å². The number of amides is 1. The predicted molar refractivity (Wildman–Crippen MR) is 139 cm³/mol. The highest BCUT2D eigenvalue weighted by atomic mass is 32.2. The number of aryl methyl sites for hydroxylation is 2. The summed E-state index contributed by atoms with van der Waals surface area (Å²) in [7, 11) is 0. The van der Waals surface area contributed by atoms with Crippen molar-refractivity contribution in [2.75, 3.05) is 5.32 Å². The van der Waals surface area contributed by atoms with Crippen LogP contribution in [0.5, 0.6) is 0 Å². The molecule has 4 aromatic rings. The zero-order valence-corrected chi connectivity index (χ0v) is 21.5. The number of aromatic amines is 1. The number of carbonyl (C=O) groups excluding carboxylic acids is 1. The number of benzene rings is 1. The van der Waals surface area contributed by atoms with Gasteiger partial charge in [0, 0.05) is 10.4 Å². The van der Waals surface area contributed by atoms with Gasteiger partial charge in [-0.25, -0.2) is 4.98 Å². The molecule has 0 aliphatic carbocycles. The molecule has 0 bridgehead atoms. The summed E-state index contributed by atoms with van der Waals surface area (Å²) >= 11 is 4.27. The van der Waals surface area contributed by atoms with Crippen LogP contribution in [0, 0.1) is 13.8 Å². The van der Waals surface area contributed by atoms with E-state index in [2.05, 4.69) is 51.5 Å². The molecule has 0 saturated heterocycles. The first-order valence-corrected chi connectivity index (χ1v) is 13.3. The maximum absolute atomic E-state index is 12.6. The van der Waals surface area contributed by atoms with Crippen LogP contribution in [0.25, 0.3) is 20.8 Å². The summed E-state index contributed by atoms with van der Waals surface area (Å²) in [6.07, 6.45) is 0. The number of aromatic nitrogens is 4. The van der Waals surface area contributed by atoms with E-state index < -0.39 is 0 Å². The Bertz CT molecular complexity index is 1350. The average Bonchev–Trinajstić information content (AvgIpc) is 3.36. The molecular formula is C23H25N5O2S3. The highest BCUT2D eigenvalue weighted by Crippen LogP contribution is 2.29. The lowest BCUT2D eigenvalue weighted by molar-refractivity contribution is -0.115. The average molecular weight is 500 g/mol. The van der Waals surface area contributed by atoms with Crippen LogP contribution >= 0.6 is 34.4 Å². The number of thiophene rings is 1. The predicted octanol–water partition coefficient (Wildman–Crippen LogP) is 5.50. The molecule has 2 N–H and O–H groups in total. The lowest BCUT2D eigenvalue weighted by atomic mass is 10.0. The van der Waals surface area contributed by atoms with Crippen LogP contribution in [0.2, 0.25) is 0 Å². The SMILES string of the molecule is Cc1sc2nc(CSC(C)C(=O)Nc3nnc(-c4ccc(C(C)C)cc4)s3)[nH]c(=O)c2c1C. The van der Waals surface area contributed by atoms with E-state index in [0.29, 0.717) is 28.0 Å². The molecule has 1 amide bonds. The molecule has 0 radical (unpaired) electrons. The van der Waals surface area contributed by atoms with Crippen LogP contribution in [0.1, 0.15) is 48.5 Å². The Morgan fingerprint density at radius 1 is 1.12 bits per heavy atom. The van der Waals surface area contributed by atoms with Crippen molar-refractivity contribution in [3.63, 3.8) is 0 Å². The normalized spacial score (nSPS) is 12.4. The van der Waals surface area contributed by atoms with Crippen molar-refractivity contribution in [2.24, 2.45) is 0 Å². The molecule has 10 heteroatoms. The first-order chi connectivity index (χ1) is 15.7. The molecule has 1 aromatic carbocycles. The van der Waals surface area contributed by atoms with E-state index in [1.165, 1.54) is 40.0 Å². The van der Waals surface area contributed by atoms with Crippen molar-refractivity contribution in [1.82, 2.24) is 20.2 Å². The first kappa shape index (κ1) is 23.6. The fraction of sp³-hybridized carbons (Fsp3) is 0.348. The highest BCUT2D eigenvalue weighted by Gasteiger charge is 2.18. The molecule has 3 heterocycles. The minimum absolute atomic E-state index is 0.127. The van der Waals surface area contributed by atoms with Gasteiger partial charge in [0.15, 0.2) is 0 Å². The van der Waals surface area contributed by atoms with Gasteiger partial charge in [-0.1, -0.05) is 49.4 Å². The number of anilines is 1. The van der Waals surface area contributed by atoms with Crippen molar-refractivity contribution >= 4 is 55.7 Å². The molecule has 0 spiro atoms. The number of hydrogen-bond acceptors (Lipinski definition) is 8. The van der Waals surface area contributed by atoms with E-state index in [1.54, 1.807) is 0 Å². The molecule has 0 fully saturated rings. The van der Waals surface area contributed by atoms with Crippen LogP contribution in [-0.2, 0) is 10.5 Å². The van der Waals surface area contributed by atoms with Crippen LogP contribution in [-0.4, -0.2) is 31.3 Å². The summed E-state index contributed by atoms with van der Waals surface area (Å²) in [5.74, 6) is 1.31. The van der Waals surface area contributed by atoms with Gasteiger partial charge < -0.3 is 4.98 Å². The standard InChI is InChI=1S/C23H25N5O2S3/c1-11(2)15-6-8-16(9-7-15)21-27-28-23(33-21)26-19(29)14(5)31-10-17-24-20(30)18-12(3)13(4)32-22(18)25-17/h6-9,11,14H,10H2,1-5H3,(H,24,25,30)(H,26,28,29). The molecule has 4 rings (SSSR count). The second-order valence-corrected chi connectivity index (χ2v) is 11.6. The van der Waals surface area contributed by atoms with E-state index in [4.69, 9.17) is 0 Å². The number of hydrogen-bond donors (Lipinski definition) is 2. The summed E-state index contributed by atoms with van der Waals surface area (Å²) in [4.78, 5) is 34.3. The number of fused-ring (bicyclic) bond motifs is 1. The van der Waals surface area contributed by atoms with Crippen LogP contribution < -0.4 is 10.9 Å². The Balaban J connectivity index is 1.37. The molecule has 3 aromatic heterocycles. The number of H-pyrrole nitrogens is 1. The minimum atomic E-state index is -0.351. The molecule has 172 valence electrons. The van der Waals surface area contributed by atoms with E-state index in [9.17, 15) is 9.59 Å².